The van der Waals surface area contributed by atoms with Crippen LogP contribution in [0.1, 0.15) is 15.9 Å². The zero-order valence-corrected chi connectivity index (χ0v) is 14.3. The van der Waals surface area contributed by atoms with Crippen molar-refractivity contribution >= 4 is 43.7 Å². The third kappa shape index (κ3) is 3.95. The molecule has 0 aliphatic carbocycles. The summed E-state index contributed by atoms with van der Waals surface area (Å²) in [5, 5.41) is 9.63. The highest BCUT2D eigenvalue weighted by Crippen LogP contribution is 2.33. The number of phenols is 1. The summed E-state index contributed by atoms with van der Waals surface area (Å²) in [6.07, 6.45) is 3.23. The first-order valence-electron chi connectivity index (χ1n) is 6.05. The summed E-state index contributed by atoms with van der Waals surface area (Å²) >= 11 is 6.41. The Morgan fingerprint density at radius 3 is 2.24 bits per heavy atom. The third-order valence-electron chi connectivity index (χ3n) is 2.84. The molecule has 5 heteroatoms. The number of carbonyl (C=O) groups excluding carboxylic acids is 1. The highest BCUT2D eigenvalue weighted by Gasteiger charge is 2.09. The van der Waals surface area contributed by atoms with Crippen molar-refractivity contribution in [3.8, 4) is 11.5 Å². The molecule has 0 radical (unpaired) electrons. The van der Waals surface area contributed by atoms with Gasteiger partial charge >= 0.3 is 0 Å². The molecule has 0 amide bonds. The molecule has 0 atom stereocenters. The van der Waals surface area contributed by atoms with E-state index >= 15 is 0 Å². The van der Waals surface area contributed by atoms with Gasteiger partial charge in [0.1, 0.15) is 11.5 Å². The quantitative estimate of drug-likeness (QED) is 0.579. The van der Waals surface area contributed by atoms with Gasteiger partial charge in [0.25, 0.3) is 0 Å². The van der Waals surface area contributed by atoms with Crippen molar-refractivity contribution < 1.29 is 14.6 Å². The molecule has 0 saturated carbocycles. The van der Waals surface area contributed by atoms with Crippen LogP contribution in [0.4, 0.5) is 0 Å². The number of halogens is 2. The predicted molar refractivity (Wildman–Crippen MR) is 89.9 cm³/mol. The lowest BCUT2D eigenvalue weighted by molar-refractivity contribution is 0.104. The lowest BCUT2D eigenvalue weighted by atomic mass is 10.1. The molecule has 0 fully saturated rings. The van der Waals surface area contributed by atoms with Gasteiger partial charge in [-0.25, -0.2) is 0 Å². The monoisotopic (exact) mass is 410 g/mol. The van der Waals surface area contributed by atoms with E-state index in [1.807, 2.05) is 24.3 Å². The molecule has 0 aliphatic rings. The van der Waals surface area contributed by atoms with E-state index in [0.29, 0.717) is 14.5 Å². The molecule has 3 nitrogen and oxygen atoms in total. The van der Waals surface area contributed by atoms with Gasteiger partial charge in [0, 0.05) is 5.56 Å². The van der Waals surface area contributed by atoms with E-state index in [1.165, 1.54) is 6.08 Å². The maximum atomic E-state index is 12.1. The van der Waals surface area contributed by atoms with Crippen molar-refractivity contribution in [3.05, 3.63) is 62.5 Å². The van der Waals surface area contributed by atoms with Crippen LogP contribution in [0.5, 0.6) is 11.5 Å². The molecule has 0 bridgehead atoms. The number of phenolic OH excluding ortho intramolecular Hbond substituents is 1. The number of rotatable bonds is 4. The number of aromatic hydroxyl groups is 1. The van der Waals surface area contributed by atoms with Crippen LogP contribution in [0.3, 0.4) is 0 Å². The van der Waals surface area contributed by atoms with Crippen LogP contribution in [-0.4, -0.2) is 18.0 Å². The van der Waals surface area contributed by atoms with Crippen LogP contribution >= 0.6 is 31.9 Å². The molecule has 2 rings (SSSR count). The fraction of sp³-hybridized carbons (Fsp3) is 0.0625. The summed E-state index contributed by atoms with van der Waals surface area (Å²) < 4.78 is 6.02. The molecule has 2 aromatic carbocycles. The van der Waals surface area contributed by atoms with E-state index in [2.05, 4.69) is 31.9 Å². The zero-order chi connectivity index (χ0) is 15.4. The lowest BCUT2D eigenvalue weighted by Crippen LogP contribution is -1.94. The summed E-state index contributed by atoms with van der Waals surface area (Å²) in [6, 6.07) is 10.6. The Morgan fingerprint density at radius 1 is 1.14 bits per heavy atom. The first-order chi connectivity index (χ1) is 10.0. The van der Waals surface area contributed by atoms with E-state index in [9.17, 15) is 9.90 Å². The lowest BCUT2D eigenvalue weighted by Gasteiger charge is -2.03. The Hall–Kier alpha value is -1.59. The minimum Gasteiger partial charge on any atom is -0.506 e. The number of carbonyl (C=O) groups is 1. The average molecular weight is 412 g/mol. The summed E-state index contributed by atoms with van der Waals surface area (Å²) in [7, 11) is 1.61. The predicted octanol–water partition coefficient (Wildman–Crippen LogP) is 4.82. The molecule has 0 aliphatic heterocycles. The van der Waals surface area contributed by atoms with E-state index in [4.69, 9.17) is 4.74 Å². The standard InChI is InChI=1S/C16H12Br2O3/c1-21-12-5-2-10(3-6-12)4-7-15(19)11-8-13(17)16(20)14(18)9-11/h2-9,20H,1H3/b7-4+. The second kappa shape index (κ2) is 6.91. The Balaban J connectivity index is 2.18. The number of ketones is 1. The number of hydrogen-bond donors (Lipinski definition) is 1. The second-order valence-electron chi connectivity index (χ2n) is 4.26. The van der Waals surface area contributed by atoms with Gasteiger partial charge in [-0.1, -0.05) is 18.2 Å². The normalized spacial score (nSPS) is 10.8. The Kier molecular flexibility index (Phi) is 5.20. The molecule has 2 aromatic rings. The third-order valence-corrected chi connectivity index (χ3v) is 4.05. The minimum atomic E-state index is -0.146. The molecule has 0 aromatic heterocycles. The van der Waals surface area contributed by atoms with Crippen LogP contribution in [-0.2, 0) is 0 Å². The minimum absolute atomic E-state index is 0.0747. The van der Waals surface area contributed by atoms with Gasteiger partial charge in [-0.2, -0.15) is 0 Å². The van der Waals surface area contributed by atoms with Crippen LogP contribution in [0.15, 0.2) is 51.4 Å². The first kappa shape index (κ1) is 15.8. The Labute approximate surface area is 139 Å². The highest BCUT2D eigenvalue weighted by molar-refractivity contribution is 9.11. The van der Waals surface area contributed by atoms with Crippen molar-refractivity contribution in [2.45, 2.75) is 0 Å². The number of benzene rings is 2. The van der Waals surface area contributed by atoms with Gasteiger partial charge in [0.15, 0.2) is 5.78 Å². The highest BCUT2D eigenvalue weighted by atomic mass is 79.9. The summed E-state index contributed by atoms with van der Waals surface area (Å²) in [6.45, 7) is 0. The van der Waals surface area contributed by atoms with Crippen molar-refractivity contribution in [2.75, 3.05) is 7.11 Å². The topological polar surface area (TPSA) is 46.5 Å². The first-order valence-corrected chi connectivity index (χ1v) is 7.64. The number of ether oxygens (including phenoxy) is 1. The van der Waals surface area contributed by atoms with E-state index in [0.717, 1.165) is 11.3 Å². The van der Waals surface area contributed by atoms with Gasteiger partial charge in [-0.15, -0.1) is 0 Å². The smallest absolute Gasteiger partial charge is 0.185 e. The Morgan fingerprint density at radius 2 is 1.71 bits per heavy atom. The molecule has 0 unspecified atom stereocenters. The van der Waals surface area contributed by atoms with E-state index in [1.54, 1.807) is 25.3 Å². The summed E-state index contributed by atoms with van der Waals surface area (Å²) in [4.78, 5) is 12.1. The Bertz CT molecular complexity index is 668. The number of hydrogen-bond acceptors (Lipinski definition) is 3. The molecule has 108 valence electrons. The SMILES string of the molecule is COc1ccc(/C=C/C(=O)c2cc(Br)c(O)c(Br)c2)cc1. The van der Waals surface area contributed by atoms with Crippen LogP contribution in [0.2, 0.25) is 0 Å². The summed E-state index contributed by atoms with van der Waals surface area (Å²) in [5.74, 6) is 0.697. The molecule has 0 spiro atoms. The average Bonchev–Trinajstić information content (AvgIpc) is 2.50. The molecule has 0 heterocycles. The van der Waals surface area contributed by atoms with Crippen molar-refractivity contribution in [3.63, 3.8) is 0 Å². The largest absolute Gasteiger partial charge is 0.506 e. The molecule has 1 N–H and O–H groups in total. The van der Waals surface area contributed by atoms with Crippen molar-refractivity contribution in [1.82, 2.24) is 0 Å². The summed E-state index contributed by atoms with van der Waals surface area (Å²) in [5.41, 5.74) is 1.39. The van der Waals surface area contributed by atoms with Crippen LogP contribution in [0, 0.1) is 0 Å². The van der Waals surface area contributed by atoms with Gasteiger partial charge in [0.2, 0.25) is 0 Å². The van der Waals surface area contributed by atoms with Gasteiger partial charge in [-0.3, -0.25) is 4.79 Å². The van der Waals surface area contributed by atoms with Crippen molar-refractivity contribution in [2.24, 2.45) is 0 Å². The van der Waals surface area contributed by atoms with Crippen LogP contribution < -0.4 is 4.74 Å². The second-order valence-corrected chi connectivity index (χ2v) is 5.97. The molecular weight excluding hydrogens is 400 g/mol. The maximum Gasteiger partial charge on any atom is 0.185 e. The van der Waals surface area contributed by atoms with E-state index in [-0.39, 0.29) is 11.5 Å². The van der Waals surface area contributed by atoms with Gasteiger partial charge in [-0.05, 0) is 67.8 Å². The van der Waals surface area contributed by atoms with Gasteiger partial charge < -0.3 is 9.84 Å². The fourth-order valence-electron chi connectivity index (χ4n) is 1.69. The van der Waals surface area contributed by atoms with Gasteiger partial charge in [0.05, 0.1) is 16.1 Å². The maximum absolute atomic E-state index is 12.1. The van der Waals surface area contributed by atoms with Crippen molar-refractivity contribution in [1.29, 1.82) is 0 Å². The van der Waals surface area contributed by atoms with Crippen LogP contribution in [0.25, 0.3) is 6.08 Å². The molecular formula is C16H12Br2O3. The van der Waals surface area contributed by atoms with E-state index < -0.39 is 0 Å². The molecule has 0 saturated heterocycles. The number of methoxy groups -OCH3 is 1. The zero-order valence-electron chi connectivity index (χ0n) is 11.1. The molecule has 21 heavy (non-hydrogen) atoms. The number of allylic oxidation sites excluding steroid dienone is 1. The fourth-order valence-corrected chi connectivity index (χ4v) is 2.88.